The van der Waals surface area contributed by atoms with E-state index in [-0.39, 0.29) is 18.0 Å². The maximum atomic E-state index is 12.3. The number of benzene rings is 1. The lowest BCUT2D eigenvalue weighted by Gasteiger charge is -2.04. The van der Waals surface area contributed by atoms with Gasteiger partial charge in [0.25, 0.3) is 5.56 Å². The lowest BCUT2D eigenvalue weighted by molar-refractivity contribution is 0.860. The molecular formula is C15H13ClN2OS. The smallest absolute Gasteiger partial charge is 0.282 e. The molecule has 3 nitrogen and oxygen atoms in total. The van der Waals surface area contributed by atoms with Crippen molar-refractivity contribution in [3.8, 4) is 11.4 Å². The molecule has 1 aliphatic rings. The van der Waals surface area contributed by atoms with Gasteiger partial charge in [-0.2, -0.15) is 4.98 Å². The first kappa shape index (κ1) is 13.3. The second-order valence-corrected chi connectivity index (χ2v) is 6.15. The van der Waals surface area contributed by atoms with E-state index in [1.54, 1.807) is 11.3 Å². The molecule has 0 amide bonds. The molecule has 0 aliphatic carbocycles. The van der Waals surface area contributed by atoms with Crippen molar-refractivity contribution in [1.82, 2.24) is 9.55 Å². The molecule has 102 valence electrons. The van der Waals surface area contributed by atoms with Gasteiger partial charge in [-0.25, -0.2) is 0 Å². The molecule has 4 rings (SSSR count). The Morgan fingerprint density at radius 1 is 1.25 bits per heavy atom. The molecule has 0 saturated heterocycles. The summed E-state index contributed by atoms with van der Waals surface area (Å²) in [5.41, 5.74) is 3.30. The van der Waals surface area contributed by atoms with Crippen LogP contribution in [0.5, 0.6) is 0 Å². The molecule has 5 heteroatoms. The highest BCUT2D eigenvalue weighted by Crippen LogP contribution is 2.35. The van der Waals surface area contributed by atoms with E-state index in [4.69, 9.17) is 0 Å². The highest BCUT2D eigenvalue weighted by atomic mass is 35.5. The summed E-state index contributed by atoms with van der Waals surface area (Å²) >= 11 is 1.69. The van der Waals surface area contributed by atoms with Crippen molar-refractivity contribution in [3.05, 3.63) is 50.6 Å². The van der Waals surface area contributed by atoms with Crippen LogP contribution in [-0.4, -0.2) is 9.55 Å². The number of halogens is 1. The zero-order valence-corrected chi connectivity index (χ0v) is 12.8. The number of hydrogen-bond acceptors (Lipinski definition) is 3. The Morgan fingerprint density at radius 3 is 2.80 bits per heavy atom. The van der Waals surface area contributed by atoms with Gasteiger partial charge in [0, 0.05) is 10.4 Å². The van der Waals surface area contributed by atoms with Gasteiger partial charge < -0.3 is 4.57 Å². The van der Waals surface area contributed by atoms with Gasteiger partial charge in [-0.05, 0) is 25.0 Å². The summed E-state index contributed by atoms with van der Waals surface area (Å²) in [6, 6.07) is 8.18. The largest absolute Gasteiger partial charge is 0.312 e. The summed E-state index contributed by atoms with van der Waals surface area (Å²) in [6.07, 6.45) is 0. The van der Waals surface area contributed by atoms with Crippen LogP contribution in [0.25, 0.3) is 21.6 Å². The van der Waals surface area contributed by atoms with E-state index in [1.165, 1.54) is 10.4 Å². The van der Waals surface area contributed by atoms with E-state index in [1.807, 2.05) is 25.1 Å². The molecule has 0 N–H and O–H groups in total. The van der Waals surface area contributed by atoms with Crippen molar-refractivity contribution in [2.24, 2.45) is 0 Å². The SMILES string of the molecule is Cc1sc2c(c1C)c(=O)nc1n2Cc2ccccc2-1.Cl. The monoisotopic (exact) mass is 304 g/mol. The minimum atomic E-state index is -0.0974. The standard InChI is InChI=1S/C15H12N2OS.ClH/c1-8-9(2)19-15-12(8)14(18)16-13-11-6-4-3-5-10(11)7-17(13)15;/h3-6H,7H2,1-2H3;1H. The van der Waals surface area contributed by atoms with E-state index in [0.717, 1.165) is 33.7 Å². The van der Waals surface area contributed by atoms with Gasteiger partial charge >= 0.3 is 0 Å². The van der Waals surface area contributed by atoms with Crippen molar-refractivity contribution in [2.45, 2.75) is 20.4 Å². The molecular weight excluding hydrogens is 292 g/mol. The Kier molecular flexibility index (Phi) is 2.96. The Morgan fingerprint density at radius 2 is 2.00 bits per heavy atom. The topological polar surface area (TPSA) is 34.9 Å². The summed E-state index contributed by atoms with van der Waals surface area (Å²) in [5.74, 6) is 0.814. The molecule has 0 saturated carbocycles. The van der Waals surface area contributed by atoms with Crippen LogP contribution in [0.3, 0.4) is 0 Å². The summed E-state index contributed by atoms with van der Waals surface area (Å²) < 4.78 is 2.17. The molecule has 0 atom stereocenters. The number of nitrogens with zero attached hydrogens (tertiary/aromatic N) is 2. The zero-order valence-electron chi connectivity index (χ0n) is 11.1. The number of aryl methyl sites for hydroxylation is 2. The first-order valence-corrected chi connectivity index (χ1v) is 7.07. The zero-order chi connectivity index (χ0) is 13.1. The Labute approximate surface area is 126 Å². The van der Waals surface area contributed by atoms with Crippen LogP contribution >= 0.6 is 23.7 Å². The number of hydrogen-bond donors (Lipinski definition) is 0. The molecule has 20 heavy (non-hydrogen) atoms. The van der Waals surface area contributed by atoms with Crippen molar-refractivity contribution < 1.29 is 0 Å². The second-order valence-electron chi connectivity index (χ2n) is 4.95. The van der Waals surface area contributed by atoms with Crippen LogP contribution in [0.2, 0.25) is 0 Å². The quantitative estimate of drug-likeness (QED) is 0.498. The third-order valence-electron chi connectivity index (χ3n) is 3.88. The molecule has 2 aromatic heterocycles. The second kappa shape index (κ2) is 4.43. The number of aromatic nitrogens is 2. The molecule has 0 radical (unpaired) electrons. The van der Waals surface area contributed by atoms with Crippen molar-refractivity contribution in [3.63, 3.8) is 0 Å². The molecule has 0 spiro atoms. The summed E-state index contributed by atoms with van der Waals surface area (Å²) in [7, 11) is 0. The normalized spacial score (nSPS) is 12.1. The molecule has 1 aromatic carbocycles. The van der Waals surface area contributed by atoms with Crippen molar-refractivity contribution in [1.29, 1.82) is 0 Å². The summed E-state index contributed by atoms with van der Waals surface area (Å²) in [4.78, 5) is 18.8. The molecule has 0 fully saturated rings. The van der Waals surface area contributed by atoms with E-state index in [2.05, 4.69) is 22.5 Å². The fourth-order valence-corrected chi connectivity index (χ4v) is 3.91. The van der Waals surface area contributed by atoms with Crippen LogP contribution in [0.15, 0.2) is 29.1 Å². The summed E-state index contributed by atoms with van der Waals surface area (Å²) in [5, 5.41) is 0.791. The molecule has 1 aliphatic heterocycles. The predicted octanol–water partition coefficient (Wildman–Crippen LogP) is 3.53. The minimum absolute atomic E-state index is 0. The first-order valence-electron chi connectivity index (χ1n) is 6.25. The Bertz CT molecular complexity index is 895. The van der Waals surface area contributed by atoms with Gasteiger partial charge in [0.1, 0.15) is 10.7 Å². The molecule has 3 aromatic rings. The van der Waals surface area contributed by atoms with Crippen molar-refractivity contribution >= 4 is 34.0 Å². The maximum Gasteiger partial charge on any atom is 0.282 e. The van der Waals surface area contributed by atoms with Crippen LogP contribution in [0.1, 0.15) is 16.0 Å². The van der Waals surface area contributed by atoms with Crippen LogP contribution in [0.4, 0.5) is 0 Å². The highest BCUT2D eigenvalue weighted by molar-refractivity contribution is 7.18. The fourth-order valence-electron chi connectivity index (χ4n) is 2.76. The molecule has 0 bridgehead atoms. The van der Waals surface area contributed by atoms with E-state index in [0.29, 0.717) is 0 Å². The minimum Gasteiger partial charge on any atom is -0.312 e. The van der Waals surface area contributed by atoms with Crippen molar-refractivity contribution in [2.75, 3.05) is 0 Å². The predicted molar refractivity (Wildman–Crippen MR) is 85.1 cm³/mol. The lowest BCUT2D eigenvalue weighted by atomic mass is 10.1. The van der Waals surface area contributed by atoms with E-state index >= 15 is 0 Å². The average molecular weight is 305 g/mol. The Hall–Kier alpha value is -1.65. The van der Waals surface area contributed by atoms with E-state index in [9.17, 15) is 4.79 Å². The van der Waals surface area contributed by atoms with E-state index < -0.39 is 0 Å². The van der Waals surface area contributed by atoms with Crippen LogP contribution < -0.4 is 5.56 Å². The van der Waals surface area contributed by atoms with Crippen LogP contribution in [0, 0.1) is 13.8 Å². The van der Waals surface area contributed by atoms with Gasteiger partial charge in [-0.15, -0.1) is 23.7 Å². The lowest BCUT2D eigenvalue weighted by Crippen LogP contribution is -2.12. The number of rotatable bonds is 0. The van der Waals surface area contributed by atoms with Gasteiger partial charge in [0.2, 0.25) is 0 Å². The third-order valence-corrected chi connectivity index (χ3v) is 5.11. The average Bonchev–Trinajstić information content (AvgIpc) is 2.90. The summed E-state index contributed by atoms with van der Waals surface area (Å²) in [6.45, 7) is 4.88. The van der Waals surface area contributed by atoms with Gasteiger partial charge in [-0.3, -0.25) is 4.79 Å². The maximum absolute atomic E-state index is 12.3. The number of fused-ring (bicyclic) bond motifs is 5. The van der Waals surface area contributed by atoms with Gasteiger partial charge in [-0.1, -0.05) is 24.3 Å². The third kappa shape index (κ3) is 1.58. The van der Waals surface area contributed by atoms with Crippen LogP contribution in [-0.2, 0) is 6.54 Å². The first-order chi connectivity index (χ1) is 9.16. The number of thiophene rings is 1. The van der Waals surface area contributed by atoms with Gasteiger partial charge in [0.05, 0.1) is 11.9 Å². The fraction of sp³-hybridized carbons (Fsp3) is 0.200. The Balaban J connectivity index is 0.00000121. The van der Waals surface area contributed by atoms with Gasteiger partial charge in [0.15, 0.2) is 0 Å². The molecule has 0 unspecified atom stereocenters. The highest BCUT2D eigenvalue weighted by Gasteiger charge is 2.23. The molecule has 3 heterocycles.